The number of anilines is 1. The number of hydrogen-bond acceptors (Lipinski definition) is 6. The fraction of sp³-hybridized carbons (Fsp3) is 0.462. The fourth-order valence-electron chi connectivity index (χ4n) is 3.48. The second-order valence-corrected chi connectivity index (χ2v) is 9.67. The van der Waals surface area contributed by atoms with Crippen LogP contribution in [0.3, 0.4) is 0 Å². The minimum atomic E-state index is -1.04. The number of fused-ring (bicyclic) bond motifs is 1. The Labute approximate surface area is 200 Å². The summed E-state index contributed by atoms with van der Waals surface area (Å²) in [7, 11) is 0. The zero-order valence-corrected chi connectivity index (χ0v) is 20.5. The van der Waals surface area contributed by atoms with Crippen LogP contribution in [-0.4, -0.2) is 48.3 Å². The Kier molecular flexibility index (Phi) is 9.59. The van der Waals surface area contributed by atoms with Crippen molar-refractivity contribution in [2.45, 2.75) is 65.1 Å². The normalized spacial score (nSPS) is 13.1. The predicted octanol–water partition coefficient (Wildman–Crippen LogP) is 3.20. The van der Waals surface area contributed by atoms with Crippen LogP contribution in [0.25, 0.3) is 10.8 Å². The molecular weight excluding hydrogens is 434 g/mol. The lowest BCUT2D eigenvalue weighted by Gasteiger charge is -2.24. The van der Waals surface area contributed by atoms with Gasteiger partial charge in [0.2, 0.25) is 11.8 Å². The maximum absolute atomic E-state index is 12.8. The monoisotopic (exact) mass is 469 g/mol. The van der Waals surface area contributed by atoms with Crippen molar-refractivity contribution in [3.8, 4) is 0 Å². The van der Waals surface area contributed by atoms with Gasteiger partial charge in [0.1, 0.15) is 17.9 Å². The van der Waals surface area contributed by atoms with Crippen molar-refractivity contribution in [2.75, 3.05) is 11.9 Å². The van der Waals surface area contributed by atoms with Crippen LogP contribution in [0.4, 0.5) is 5.69 Å². The summed E-state index contributed by atoms with van der Waals surface area (Å²) in [4.78, 5) is 49.0. The maximum Gasteiger partial charge on any atom is 0.308 e. The first-order valence-electron chi connectivity index (χ1n) is 11.5. The van der Waals surface area contributed by atoms with Crippen molar-refractivity contribution in [3.63, 3.8) is 0 Å². The van der Waals surface area contributed by atoms with Crippen molar-refractivity contribution in [3.05, 3.63) is 42.5 Å². The average molecular weight is 470 g/mol. The molecule has 2 aromatic rings. The number of hydrogen-bond donors (Lipinski definition) is 3. The van der Waals surface area contributed by atoms with Crippen LogP contribution in [0.2, 0.25) is 0 Å². The number of ether oxygens (including phenoxy) is 1. The van der Waals surface area contributed by atoms with Gasteiger partial charge in [-0.15, -0.1) is 0 Å². The van der Waals surface area contributed by atoms with E-state index in [1.54, 1.807) is 20.8 Å². The molecular formula is C26H35N3O5. The molecule has 0 aliphatic carbocycles. The van der Waals surface area contributed by atoms with E-state index >= 15 is 0 Å². The van der Waals surface area contributed by atoms with E-state index in [0.29, 0.717) is 12.7 Å². The predicted molar refractivity (Wildman–Crippen MR) is 132 cm³/mol. The molecule has 3 N–H and O–H groups in total. The average Bonchev–Trinajstić information content (AvgIpc) is 2.75. The highest BCUT2D eigenvalue weighted by atomic mass is 16.6. The molecule has 0 unspecified atom stereocenters. The smallest absolute Gasteiger partial charge is 0.308 e. The Hall–Kier alpha value is -3.42. The quantitative estimate of drug-likeness (QED) is 0.344. The summed E-state index contributed by atoms with van der Waals surface area (Å²) in [6.45, 7) is 9.00. The van der Waals surface area contributed by atoms with E-state index in [-0.39, 0.29) is 24.8 Å². The highest BCUT2D eigenvalue weighted by Crippen LogP contribution is 2.22. The molecule has 0 radical (unpaired) electrons. The third-order valence-electron chi connectivity index (χ3n) is 4.89. The maximum atomic E-state index is 12.8. The highest BCUT2D eigenvalue weighted by Gasteiger charge is 2.26. The molecule has 2 atom stereocenters. The van der Waals surface area contributed by atoms with Gasteiger partial charge in [0.05, 0.1) is 19.0 Å². The molecule has 8 heteroatoms. The lowest BCUT2D eigenvalue weighted by Crippen LogP contribution is -2.52. The summed E-state index contributed by atoms with van der Waals surface area (Å²) in [6, 6.07) is 11.7. The lowest BCUT2D eigenvalue weighted by atomic mass is 10.0. The molecule has 0 aliphatic rings. The number of aldehydes is 1. The summed E-state index contributed by atoms with van der Waals surface area (Å²) < 4.78 is 5.22. The van der Waals surface area contributed by atoms with Gasteiger partial charge in [0, 0.05) is 11.1 Å². The largest absolute Gasteiger partial charge is 0.460 e. The van der Waals surface area contributed by atoms with Gasteiger partial charge in [0.15, 0.2) is 0 Å². The number of amides is 2. The topological polar surface area (TPSA) is 114 Å². The van der Waals surface area contributed by atoms with Gasteiger partial charge in [-0.2, -0.15) is 0 Å². The van der Waals surface area contributed by atoms with Crippen LogP contribution in [0.5, 0.6) is 0 Å². The van der Waals surface area contributed by atoms with Gasteiger partial charge < -0.3 is 25.5 Å². The molecule has 34 heavy (non-hydrogen) atoms. The number of carbonyl (C=O) groups is 4. The van der Waals surface area contributed by atoms with Crippen LogP contribution >= 0.6 is 0 Å². The van der Waals surface area contributed by atoms with Crippen molar-refractivity contribution in [1.82, 2.24) is 10.6 Å². The van der Waals surface area contributed by atoms with Crippen LogP contribution in [-0.2, 0) is 23.9 Å². The van der Waals surface area contributed by atoms with Crippen molar-refractivity contribution < 1.29 is 23.9 Å². The fourth-order valence-corrected chi connectivity index (χ4v) is 3.48. The van der Waals surface area contributed by atoms with Crippen LogP contribution in [0.1, 0.15) is 47.5 Å². The minimum absolute atomic E-state index is 0.0229. The number of carbonyl (C=O) groups excluding carboxylic acids is 4. The van der Waals surface area contributed by atoms with Gasteiger partial charge in [-0.25, -0.2) is 0 Å². The van der Waals surface area contributed by atoms with E-state index in [4.69, 9.17) is 4.74 Å². The first kappa shape index (κ1) is 26.8. The van der Waals surface area contributed by atoms with Crippen LogP contribution < -0.4 is 16.0 Å². The summed E-state index contributed by atoms with van der Waals surface area (Å²) >= 11 is 0. The molecule has 0 aliphatic heterocycles. The SMILES string of the molecule is CC(C)C[C@H](NC(=O)CNc1cccc2ccccc12)C(=O)N[C@H](C=O)CC(=O)OC(C)(C)C. The Balaban J connectivity index is 1.99. The second kappa shape index (κ2) is 12.2. The zero-order chi connectivity index (χ0) is 25.3. The lowest BCUT2D eigenvalue weighted by molar-refractivity contribution is -0.156. The third-order valence-corrected chi connectivity index (χ3v) is 4.89. The number of nitrogens with one attached hydrogen (secondary N) is 3. The molecule has 0 heterocycles. The van der Waals surface area contributed by atoms with Gasteiger partial charge in [0.25, 0.3) is 0 Å². The van der Waals surface area contributed by atoms with Crippen molar-refractivity contribution in [2.24, 2.45) is 5.92 Å². The Morgan fingerprint density at radius 1 is 1.00 bits per heavy atom. The van der Waals surface area contributed by atoms with E-state index in [1.807, 2.05) is 56.3 Å². The summed E-state index contributed by atoms with van der Waals surface area (Å²) in [5, 5.41) is 10.5. The first-order valence-corrected chi connectivity index (χ1v) is 11.5. The molecule has 0 saturated heterocycles. The van der Waals surface area contributed by atoms with E-state index in [1.165, 1.54) is 0 Å². The van der Waals surface area contributed by atoms with E-state index < -0.39 is 29.6 Å². The first-order chi connectivity index (χ1) is 16.0. The molecule has 2 amide bonds. The standard InChI is InChI=1S/C26H35N3O5/c1-17(2)13-22(25(33)28-19(16-30)14-24(32)34-26(3,4)5)29-23(31)15-27-21-12-8-10-18-9-6-7-11-20(18)21/h6-12,16-17,19,22,27H,13-15H2,1-5H3,(H,28,33)(H,29,31)/t19-,22-/m0/s1. The molecule has 0 bridgehead atoms. The molecule has 2 aromatic carbocycles. The molecule has 0 spiro atoms. The number of esters is 1. The number of benzene rings is 2. The Morgan fingerprint density at radius 3 is 2.32 bits per heavy atom. The van der Waals surface area contributed by atoms with Gasteiger partial charge in [-0.05, 0) is 44.6 Å². The van der Waals surface area contributed by atoms with Crippen LogP contribution in [0.15, 0.2) is 42.5 Å². The molecule has 184 valence electrons. The van der Waals surface area contributed by atoms with Gasteiger partial charge >= 0.3 is 5.97 Å². The highest BCUT2D eigenvalue weighted by molar-refractivity contribution is 5.96. The van der Waals surface area contributed by atoms with Crippen LogP contribution in [0, 0.1) is 5.92 Å². The Morgan fingerprint density at radius 2 is 1.68 bits per heavy atom. The zero-order valence-electron chi connectivity index (χ0n) is 20.5. The summed E-state index contributed by atoms with van der Waals surface area (Å²) in [5.41, 5.74) is 0.122. The molecule has 8 nitrogen and oxygen atoms in total. The summed E-state index contributed by atoms with van der Waals surface area (Å²) in [6.07, 6.45) is 0.597. The van der Waals surface area contributed by atoms with Crippen molar-refractivity contribution in [1.29, 1.82) is 0 Å². The molecule has 2 rings (SSSR count). The minimum Gasteiger partial charge on any atom is -0.460 e. The van der Waals surface area contributed by atoms with Crippen molar-refractivity contribution >= 4 is 40.5 Å². The van der Waals surface area contributed by atoms with Gasteiger partial charge in [-0.3, -0.25) is 14.4 Å². The Bertz CT molecular complexity index is 1010. The van der Waals surface area contributed by atoms with E-state index in [2.05, 4.69) is 16.0 Å². The second-order valence-electron chi connectivity index (χ2n) is 9.67. The molecule has 0 saturated carbocycles. The number of rotatable bonds is 11. The van der Waals surface area contributed by atoms with Gasteiger partial charge in [-0.1, -0.05) is 50.2 Å². The summed E-state index contributed by atoms with van der Waals surface area (Å²) in [5.74, 6) is -1.35. The third kappa shape index (κ3) is 8.84. The van der Waals surface area contributed by atoms with E-state index in [9.17, 15) is 19.2 Å². The molecule has 0 aromatic heterocycles. The molecule has 0 fully saturated rings. The van der Waals surface area contributed by atoms with E-state index in [0.717, 1.165) is 16.5 Å².